The number of furan rings is 2. The van der Waals surface area contributed by atoms with Crippen LogP contribution < -0.4 is 10.2 Å². The van der Waals surface area contributed by atoms with Crippen molar-refractivity contribution in [2.45, 2.75) is 52.0 Å². The molecule has 0 saturated carbocycles. The summed E-state index contributed by atoms with van der Waals surface area (Å²) in [5.41, 5.74) is 8.88. The summed E-state index contributed by atoms with van der Waals surface area (Å²) in [6.45, 7) is 7.80. The van der Waals surface area contributed by atoms with Crippen LogP contribution in [-0.4, -0.2) is 49.4 Å². The molecule has 2 aliphatic heterocycles. The van der Waals surface area contributed by atoms with Crippen LogP contribution in [0.4, 0.5) is 24.1 Å². The van der Waals surface area contributed by atoms with E-state index in [2.05, 4.69) is 27.9 Å². The number of cyclic esters (lactones) is 2. The van der Waals surface area contributed by atoms with Crippen LogP contribution in [-0.2, 0) is 18.9 Å². The van der Waals surface area contributed by atoms with Crippen LogP contribution >= 0.6 is 22.6 Å². The zero-order valence-electron chi connectivity index (χ0n) is 44.4. The van der Waals surface area contributed by atoms with Crippen LogP contribution in [0.5, 0.6) is 0 Å². The van der Waals surface area contributed by atoms with Gasteiger partial charge >= 0.3 is 24.1 Å². The van der Waals surface area contributed by atoms with Gasteiger partial charge in [-0.05, 0) is 145 Å². The Kier molecular flexibility index (Phi) is 16.7. The van der Waals surface area contributed by atoms with E-state index in [9.17, 15) is 28.0 Å². The Balaban J connectivity index is 0.000000155. The number of ether oxygens (including phenoxy) is 4. The molecular formula is C66H53F2IN2O10. The first-order chi connectivity index (χ1) is 39.3. The van der Waals surface area contributed by atoms with Crippen LogP contribution in [0.15, 0.2) is 203 Å². The zero-order chi connectivity index (χ0) is 56.7. The van der Waals surface area contributed by atoms with Crippen LogP contribution in [0.25, 0.3) is 66.8 Å². The highest BCUT2D eigenvalue weighted by Crippen LogP contribution is 2.46. The average Bonchev–Trinajstić information content (AvgIpc) is 4.34. The van der Waals surface area contributed by atoms with Gasteiger partial charge in [0.05, 0.1) is 31.0 Å². The monoisotopic (exact) mass is 1200 g/mol. The van der Waals surface area contributed by atoms with E-state index < -0.39 is 30.0 Å². The van der Waals surface area contributed by atoms with E-state index in [0.29, 0.717) is 50.1 Å². The average molecular weight is 1200 g/mol. The van der Waals surface area contributed by atoms with Gasteiger partial charge in [-0.2, -0.15) is 0 Å². The molecule has 0 spiro atoms. The van der Waals surface area contributed by atoms with Crippen molar-refractivity contribution in [3.8, 4) is 44.9 Å². The summed E-state index contributed by atoms with van der Waals surface area (Å²) in [7, 11) is 0. The number of nitrogens with zero attached hydrogens (tertiary/aromatic N) is 1. The Morgan fingerprint density at radius 3 is 1.43 bits per heavy atom. The molecule has 4 heterocycles. The number of alkyl carbamates (subject to hydrolysis) is 1. The quantitative estimate of drug-likeness (QED) is 0.0754. The number of carbonyl (C=O) groups is 4. The van der Waals surface area contributed by atoms with Crippen molar-refractivity contribution in [2.75, 3.05) is 18.1 Å². The van der Waals surface area contributed by atoms with Gasteiger partial charge in [0.1, 0.15) is 57.7 Å². The second-order valence-electron chi connectivity index (χ2n) is 19.0. The maximum absolute atomic E-state index is 13.7. The molecule has 2 saturated heterocycles. The van der Waals surface area contributed by atoms with Gasteiger partial charge in [0.2, 0.25) is 0 Å². The summed E-state index contributed by atoms with van der Waals surface area (Å²) in [6, 6.07) is 57.7. The van der Waals surface area contributed by atoms with E-state index in [1.807, 2.05) is 153 Å². The van der Waals surface area contributed by atoms with E-state index in [1.165, 1.54) is 24.3 Å². The van der Waals surface area contributed by atoms with Crippen LogP contribution in [0, 0.1) is 15.2 Å². The van der Waals surface area contributed by atoms with Gasteiger partial charge in [0.15, 0.2) is 0 Å². The number of fused-ring (bicyclic) bond motifs is 2. The fraction of sp³-hybridized carbons (Fsp3) is 0.152. The largest absolute Gasteiger partial charge is 0.462 e. The van der Waals surface area contributed by atoms with Crippen LogP contribution in [0.3, 0.4) is 0 Å². The predicted molar refractivity (Wildman–Crippen MR) is 315 cm³/mol. The molecule has 12 nitrogen and oxygen atoms in total. The highest BCUT2D eigenvalue weighted by atomic mass is 127. The normalized spacial score (nSPS) is 16.4. The maximum atomic E-state index is 13.7. The van der Waals surface area contributed by atoms with Crippen molar-refractivity contribution in [3.05, 3.63) is 232 Å². The second kappa shape index (κ2) is 24.5. The van der Waals surface area contributed by atoms with Gasteiger partial charge in [-0.15, -0.1) is 0 Å². The highest BCUT2D eigenvalue weighted by Gasteiger charge is 2.42. The van der Waals surface area contributed by atoms with E-state index in [1.54, 1.807) is 49.1 Å². The minimum Gasteiger partial charge on any atom is -0.462 e. The zero-order valence-corrected chi connectivity index (χ0v) is 46.5. The number of rotatable bonds is 11. The minimum absolute atomic E-state index is 0.0508. The molecule has 81 heavy (non-hydrogen) atoms. The molecule has 2 fully saturated rings. The molecule has 4 atom stereocenters. The number of esters is 2. The number of halogens is 3. The van der Waals surface area contributed by atoms with Crippen molar-refractivity contribution in [1.82, 2.24) is 5.32 Å². The summed E-state index contributed by atoms with van der Waals surface area (Å²) in [5, 5.41) is 3.91. The number of benzene rings is 8. The fourth-order valence-electron chi connectivity index (χ4n) is 9.94. The molecule has 10 aromatic rings. The first-order valence-corrected chi connectivity index (χ1v) is 27.3. The number of amides is 2. The molecule has 12 rings (SSSR count). The molecule has 0 unspecified atom stereocenters. The Labute approximate surface area is 479 Å². The summed E-state index contributed by atoms with van der Waals surface area (Å²) in [4.78, 5) is 51.9. The first-order valence-electron chi connectivity index (χ1n) is 26.2. The number of nitrogens with one attached hydrogen (secondary N) is 1. The number of carbonyl (C=O) groups excluding carboxylic acids is 4. The smallest absolute Gasteiger partial charge is 0.415 e. The second-order valence-corrected chi connectivity index (χ2v) is 20.2. The van der Waals surface area contributed by atoms with E-state index in [0.717, 1.165) is 37.0 Å². The fourth-order valence-corrected chi connectivity index (χ4v) is 10.7. The molecule has 408 valence electrons. The highest BCUT2D eigenvalue weighted by molar-refractivity contribution is 14.1. The summed E-state index contributed by atoms with van der Waals surface area (Å²) in [6.07, 6.45) is -1.42. The van der Waals surface area contributed by atoms with E-state index in [4.69, 9.17) is 27.8 Å². The molecule has 2 aromatic heterocycles. The molecule has 8 aromatic carbocycles. The summed E-state index contributed by atoms with van der Waals surface area (Å²) >= 11 is 2.26. The molecule has 15 heteroatoms. The standard InChI is InChI=1S/C33H26FNO5.C23H16FIO3.C10H11NO2/c1-3-38-32(36)29-26-18-25(21-10-6-4-7-11-21)27(19-28(26)39-31(29)23-14-16-24(34)17-15-23)35-20(2)30(40-33(35)37)22-12-8-5-9-13-22;1-2-27-23(26)21-18-12-17(14-6-4-3-5-7-14)19(25)13-20(18)28-22(21)15-8-10-16(24)11-9-15;1-7-9(13-10(12)11-7)8-5-3-2-4-6-8/h4-20,30H,3H2,1-2H3;3-13H,2H2,1H3;2-7,9H,1H3,(H,11,12)/t20-,30-;;7-,9-/m0.0/s1. The topological polar surface area (TPSA) is 147 Å². The van der Waals surface area contributed by atoms with Crippen molar-refractivity contribution < 1.29 is 55.7 Å². The summed E-state index contributed by atoms with van der Waals surface area (Å²) in [5.74, 6) is -1.11. The lowest BCUT2D eigenvalue weighted by molar-refractivity contribution is 0.0519. The molecule has 1 N–H and O–H groups in total. The van der Waals surface area contributed by atoms with Crippen LogP contribution in [0.2, 0.25) is 0 Å². The molecular weight excluding hydrogens is 1150 g/mol. The molecule has 2 amide bonds. The van der Waals surface area contributed by atoms with Gasteiger partial charge < -0.3 is 33.1 Å². The Morgan fingerprint density at radius 1 is 0.543 bits per heavy atom. The lowest BCUT2D eigenvalue weighted by atomic mass is 9.97. The van der Waals surface area contributed by atoms with Crippen molar-refractivity contribution in [3.63, 3.8) is 0 Å². The number of hydrogen-bond donors (Lipinski definition) is 1. The first kappa shape index (κ1) is 55.2. The van der Waals surface area contributed by atoms with Crippen molar-refractivity contribution >= 4 is 74.3 Å². The minimum atomic E-state index is -0.551. The number of hydrogen-bond acceptors (Lipinski definition) is 10. The SMILES string of the molecule is CCOC(=O)c1c(-c2ccc(F)cc2)oc2cc(I)c(-c3ccccc3)cc12.CCOC(=O)c1c(-c2ccc(F)cc2)oc2cc(N3C(=O)O[C@H](c4ccccc4)[C@@H]3C)c(-c3ccccc3)cc12.C[C@@H]1NC(=O)O[C@@H]1c1ccccc1. The van der Waals surface area contributed by atoms with Crippen molar-refractivity contribution in [2.24, 2.45) is 0 Å². The molecule has 0 aliphatic carbocycles. The third-order valence-corrected chi connectivity index (χ3v) is 14.6. The van der Waals surface area contributed by atoms with Gasteiger partial charge in [0, 0.05) is 37.1 Å². The molecule has 0 bridgehead atoms. The Morgan fingerprint density at radius 2 is 0.975 bits per heavy atom. The summed E-state index contributed by atoms with van der Waals surface area (Å²) < 4.78 is 62.0. The van der Waals surface area contributed by atoms with Crippen molar-refractivity contribution in [1.29, 1.82) is 0 Å². The third-order valence-electron chi connectivity index (χ3n) is 13.7. The van der Waals surface area contributed by atoms with Gasteiger partial charge in [0.25, 0.3) is 0 Å². The van der Waals surface area contributed by atoms with Gasteiger partial charge in [-0.25, -0.2) is 28.0 Å². The van der Waals surface area contributed by atoms with E-state index >= 15 is 0 Å². The maximum Gasteiger partial charge on any atom is 0.415 e. The van der Waals surface area contributed by atoms with Gasteiger partial charge in [-0.3, -0.25) is 4.90 Å². The third kappa shape index (κ3) is 11.8. The predicted octanol–water partition coefficient (Wildman–Crippen LogP) is 16.7. The lowest BCUT2D eigenvalue weighted by Gasteiger charge is -2.24. The Bertz CT molecular complexity index is 3880. The van der Waals surface area contributed by atoms with Crippen LogP contribution in [0.1, 0.15) is 71.7 Å². The lowest BCUT2D eigenvalue weighted by Crippen LogP contribution is -2.32. The molecule has 0 radical (unpaired) electrons. The van der Waals surface area contributed by atoms with E-state index in [-0.39, 0.29) is 54.6 Å². The molecule has 2 aliphatic rings. The number of anilines is 1. The van der Waals surface area contributed by atoms with Gasteiger partial charge in [-0.1, -0.05) is 121 Å². The Hall–Kier alpha value is -9.09.